The van der Waals surface area contributed by atoms with Crippen LogP contribution in [-0.4, -0.2) is 9.67 Å². The van der Waals surface area contributed by atoms with Gasteiger partial charge in [0.2, 0.25) is 5.88 Å². The van der Waals surface area contributed by atoms with E-state index in [1.54, 1.807) is 13.0 Å². The van der Waals surface area contributed by atoms with Gasteiger partial charge in [0.1, 0.15) is 11.6 Å². The minimum Gasteiger partial charge on any atom is -0.493 e. The lowest BCUT2D eigenvalue weighted by Crippen LogP contribution is -2.24. The highest BCUT2D eigenvalue weighted by molar-refractivity contribution is 5.57. The number of aryl methyl sites for hydroxylation is 1. The third-order valence-electron chi connectivity index (χ3n) is 3.69. The first-order chi connectivity index (χ1) is 11.4. The number of nitrogens with zero attached hydrogens (tertiary/aromatic N) is 4. The first-order valence-electron chi connectivity index (χ1n) is 7.70. The maximum atomic E-state index is 12.7. The second-order valence-electron chi connectivity index (χ2n) is 6.08. The number of nitriles is 1. The Balaban J connectivity index is 2.64. The summed E-state index contributed by atoms with van der Waals surface area (Å²) in [7, 11) is 0. The van der Waals surface area contributed by atoms with Gasteiger partial charge in [0.25, 0.3) is 5.56 Å². The fourth-order valence-corrected chi connectivity index (χ4v) is 2.37. The van der Waals surface area contributed by atoms with E-state index in [1.165, 1.54) is 4.57 Å². The van der Waals surface area contributed by atoms with E-state index >= 15 is 0 Å². The molecule has 0 saturated heterocycles. The number of rotatable bonds is 4. The largest absolute Gasteiger partial charge is 0.493 e. The molecule has 124 valence electrons. The lowest BCUT2D eigenvalue weighted by atomic mass is 10.1. The van der Waals surface area contributed by atoms with E-state index in [4.69, 9.17) is 0 Å². The minimum absolute atomic E-state index is 0.0500. The van der Waals surface area contributed by atoms with Crippen molar-refractivity contribution in [1.29, 1.82) is 5.26 Å². The summed E-state index contributed by atoms with van der Waals surface area (Å²) in [5, 5.41) is 27.8. The molecule has 1 aromatic carbocycles. The van der Waals surface area contributed by atoms with Crippen molar-refractivity contribution < 1.29 is 5.11 Å². The van der Waals surface area contributed by atoms with Crippen molar-refractivity contribution in [1.82, 2.24) is 4.57 Å². The van der Waals surface area contributed by atoms with Gasteiger partial charge in [0.05, 0.1) is 5.69 Å². The second kappa shape index (κ2) is 7.09. The molecule has 0 amide bonds. The van der Waals surface area contributed by atoms with Crippen LogP contribution >= 0.6 is 0 Å². The van der Waals surface area contributed by atoms with Gasteiger partial charge in [-0.15, -0.1) is 5.11 Å². The van der Waals surface area contributed by atoms with Crippen molar-refractivity contribution in [3.63, 3.8) is 0 Å². The smallest absolute Gasteiger partial charge is 0.281 e. The average Bonchev–Trinajstić information content (AvgIpc) is 2.53. The summed E-state index contributed by atoms with van der Waals surface area (Å²) < 4.78 is 1.18. The monoisotopic (exact) mass is 324 g/mol. The predicted molar refractivity (Wildman–Crippen MR) is 92.0 cm³/mol. The predicted octanol–water partition coefficient (Wildman–Crippen LogP) is 4.11. The first kappa shape index (κ1) is 17.4. The molecule has 24 heavy (non-hydrogen) atoms. The number of hydrogen-bond acceptors (Lipinski definition) is 5. The Labute approximate surface area is 140 Å². The molecule has 1 heterocycles. The molecule has 0 aliphatic rings. The SMILES string of the molecule is Cc1ccccc1N=Nc1c(C)c(C#N)c(O)n(CC(C)C)c1=O. The third-order valence-corrected chi connectivity index (χ3v) is 3.69. The van der Waals surface area contributed by atoms with Gasteiger partial charge in [-0.1, -0.05) is 32.0 Å². The van der Waals surface area contributed by atoms with Crippen LogP contribution in [0.25, 0.3) is 0 Å². The van der Waals surface area contributed by atoms with Crippen LogP contribution in [0.1, 0.15) is 30.5 Å². The maximum Gasteiger partial charge on any atom is 0.281 e. The molecule has 0 fully saturated rings. The molecule has 2 rings (SSSR count). The van der Waals surface area contributed by atoms with Crippen LogP contribution in [0, 0.1) is 31.1 Å². The highest BCUT2D eigenvalue weighted by Gasteiger charge is 2.19. The zero-order valence-electron chi connectivity index (χ0n) is 14.2. The van der Waals surface area contributed by atoms with Crippen LogP contribution in [-0.2, 0) is 6.54 Å². The van der Waals surface area contributed by atoms with Crippen molar-refractivity contribution in [2.24, 2.45) is 16.1 Å². The third kappa shape index (κ3) is 3.35. The van der Waals surface area contributed by atoms with Crippen LogP contribution in [0.3, 0.4) is 0 Å². The van der Waals surface area contributed by atoms with Gasteiger partial charge in [-0.25, -0.2) is 0 Å². The van der Waals surface area contributed by atoms with Gasteiger partial charge in [0, 0.05) is 12.1 Å². The van der Waals surface area contributed by atoms with Gasteiger partial charge in [0.15, 0.2) is 5.69 Å². The molecule has 0 aliphatic carbocycles. The van der Waals surface area contributed by atoms with E-state index in [9.17, 15) is 15.2 Å². The van der Waals surface area contributed by atoms with Gasteiger partial charge >= 0.3 is 0 Å². The van der Waals surface area contributed by atoms with Crippen molar-refractivity contribution in [3.8, 4) is 11.9 Å². The Morgan fingerprint density at radius 2 is 1.92 bits per heavy atom. The number of benzene rings is 1. The highest BCUT2D eigenvalue weighted by atomic mass is 16.3. The normalized spacial score (nSPS) is 11.2. The Hall–Kier alpha value is -2.94. The summed E-state index contributed by atoms with van der Waals surface area (Å²) in [6.07, 6.45) is 0. The maximum absolute atomic E-state index is 12.7. The van der Waals surface area contributed by atoms with E-state index in [0.29, 0.717) is 17.8 Å². The van der Waals surface area contributed by atoms with Crippen LogP contribution in [0.2, 0.25) is 0 Å². The number of aromatic hydroxyl groups is 1. The van der Waals surface area contributed by atoms with E-state index < -0.39 is 5.56 Å². The molecular weight excluding hydrogens is 304 g/mol. The molecule has 0 radical (unpaired) electrons. The summed E-state index contributed by atoms with van der Waals surface area (Å²) in [6, 6.07) is 9.37. The molecule has 0 atom stereocenters. The summed E-state index contributed by atoms with van der Waals surface area (Å²) in [5.74, 6) is -0.187. The fourth-order valence-electron chi connectivity index (χ4n) is 2.37. The Kier molecular flexibility index (Phi) is 5.14. The fraction of sp³-hybridized carbons (Fsp3) is 0.333. The average molecular weight is 324 g/mol. The van der Waals surface area contributed by atoms with Crippen molar-refractivity contribution in [2.45, 2.75) is 34.2 Å². The highest BCUT2D eigenvalue weighted by Crippen LogP contribution is 2.28. The zero-order valence-corrected chi connectivity index (χ0v) is 14.2. The van der Waals surface area contributed by atoms with E-state index in [1.807, 2.05) is 45.0 Å². The molecule has 6 nitrogen and oxygen atoms in total. The molecule has 2 aromatic rings. The van der Waals surface area contributed by atoms with E-state index in [0.717, 1.165) is 5.56 Å². The first-order valence-corrected chi connectivity index (χ1v) is 7.70. The molecule has 0 unspecified atom stereocenters. The Morgan fingerprint density at radius 1 is 1.25 bits per heavy atom. The van der Waals surface area contributed by atoms with Gasteiger partial charge in [-0.2, -0.15) is 10.4 Å². The van der Waals surface area contributed by atoms with Gasteiger partial charge in [-0.05, 0) is 31.4 Å². The van der Waals surface area contributed by atoms with Crippen molar-refractivity contribution in [3.05, 3.63) is 51.3 Å². The quantitative estimate of drug-likeness (QED) is 0.858. The van der Waals surface area contributed by atoms with Crippen molar-refractivity contribution in [2.75, 3.05) is 0 Å². The minimum atomic E-state index is -0.449. The molecular formula is C18H20N4O2. The topological polar surface area (TPSA) is 90.7 Å². The molecule has 0 bridgehead atoms. The number of azo groups is 1. The molecule has 0 spiro atoms. The number of aromatic nitrogens is 1. The molecule has 1 N–H and O–H groups in total. The summed E-state index contributed by atoms with van der Waals surface area (Å²) in [4.78, 5) is 12.7. The Bertz CT molecular complexity index is 889. The van der Waals surface area contributed by atoms with E-state index in [-0.39, 0.29) is 23.0 Å². The van der Waals surface area contributed by atoms with E-state index in [2.05, 4.69) is 10.2 Å². The van der Waals surface area contributed by atoms with Crippen LogP contribution in [0.15, 0.2) is 39.3 Å². The van der Waals surface area contributed by atoms with Gasteiger partial charge in [-0.3, -0.25) is 9.36 Å². The number of pyridine rings is 1. The molecule has 0 saturated carbocycles. The Morgan fingerprint density at radius 3 is 2.50 bits per heavy atom. The molecule has 6 heteroatoms. The van der Waals surface area contributed by atoms with Crippen LogP contribution < -0.4 is 5.56 Å². The van der Waals surface area contributed by atoms with Gasteiger partial charge < -0.3 is 5.11 Å². The van der Waals surface area contributed by atoms with Crippen LogP contribution in [0.4, 0.5) is 11.4 Å². The number of hydrogen-bond donors (Lipinski definition) is 1. The summed E-state index contributed by atoms with van der Waals surface area (Å²) in [5.41, 5.74) is 1.59. The van der Waals surface area contributed by atoms with Crippen molar-refractivity contribution >= 4 is 11.4 Å². The standard InChI is InChI=1S/C18H20N4O2/c1-11(2)10-22-17(23)14(9-19)13(4)16(18(22)24)21-20-15-8-6-5-7-12(15)3/h5-8,11,23H,10H2,1-4H3. The summed E-state index contributed by atoms with van der Waals surface area (Å²) in [6.45, 7) is 7.63. The second-order valence-corrected chi connectivity index (χ2v) is 6.08. The molecule has 1 aromatic heterocycles. The lowest BCUT2D eigenvalue weighted by molar-refractivity contribution is 0.381. The molecule has 0 aliphatic heterocycles. The zero-order chi connectivity index (χ0) is 17.9. The lowest BCUT2D eigenvalue weighted by Gasteiger charge is -2.14. The summed E-state index contributed by atoms with van der Waals surface area (Å²) >= 11 is 0. The van der Waals surface area contributed by atoms with Crippen LogP contribution in [0.5, 0.6) is 5.88 Å².